The van der Waals surface area contributed by atoms with Crippen molar-refractivity contribution >= 4 is 11.8 Å². The lowest BCUT2D eigenvalue weighted by molar-refractivity contribution is -0.134. The van der Waals surface area contributed by atoms with Crippen LogP contribution >= 0.6 is 0 Å². The number of carbonyl (C=O) groups excluding carboxylic acids is 2. The SMILES string of the molecule is O=C1CC2CCC(CN1)N2C(=O)CCC1CCNC1. The molecule has 3 unspecified atom stereocenters. The number of fused-ring (bicyclic) bond motifs is 2. The van der Waals surface area contributed by atoms with E-state index < -0.39 is 0 Å². The van der Waals surface area contributed by atoms with E-state index in [1.807, 2.05) is 4.90 Å². The van der Waals surface area contributed by atoms with E-state index in [0.717, 1.165) is 32.4 Å². The van der Waals surface area contributed by atoms with Crippen molar-refractivity contribution in [3.05, 3.63) is 0 Å². The van der Waals surface area contributed by atoms with E-state index in [2.05, 4.69) is 10.6 Å². The van der Waals surface area contributed by atoms with Crippen LogP contribution in [0.1, 0.15) is 38.5 Å². The Morgan fingerprint density at radius 2 is 2.05 bits per heavy atom. The molecule has 0 aromatic carbocycles. The van der Waals surface area contributed by atoms with Crippen LogP contribution in [-0.4, -0.2) is 48.4 Å². The van der Waals surface area contributed by atoms with Gasteiger partial charge in [0.2, 0.25) is 11.8 Å². The van der Waals surface area contributed by atoms with E-state index >= 15 is 0 Å². The van der Waals surface area contributed by atoms with Crippen LogP contribution in [0.15, 0.2) is 0 Å². The van der Waals surface area contributed by atoms with Gasteiger partial charge in [-0.3, -0.25) is 9.59 Å². The highest BCUT2D eigenvalue weighted by molar-refractivity contribution is 5.81. The quantitative estimate of drug-likeness (QED) is 0.769. The minimum atomic E-state index is 0.102. The van der Waals surface area contributed by atoms with Crippen molar-refractivity contribution < 1.29 is 9.59 Å². The third-order valence-electron chi connectivity index (χ3n) is 4.79. The van der Waals surface area contributed by atoms with E-state index in [1.165, 1.54) is 6.42 Å². The summed E-state index contributed by atoms with van der Waals surface area (Å²) in [5, 5.41) is 6.26. The van der Waals surface area contributed by atoms with Crippen molar-refractivity contribution in [2.24, 2.45) is 5.92 Å². The fraction of sp³-hybridized carbons (Fsp3) is 0.857. The lowest BCUT2D eigenvalue weighted by atomic mass is 10.0. The molecule has 3 saturated heterocycles. The van der Waals surface area contributed by atoms with Crippen molar-refractivity contribution in [1.29, 1.82) is 0 Å². The largest absolute Gasteiger partial charge is 0.354 e. The molecule has 0 aromatic heterocycles. The molecule has 0 aliphatic carbocycles. The van der Waals surface area contributed by atoms with Crippen LogP contribution in [0.3, 0.4) is 0 Å². The van der Waals surface area contributed by atoms with Gasteiger partial charge in [-0.2, -0.15) is 0 Å². The maximum atomic E-state index is 12.4. The molecule has 0 radical (unpaired) electrons. The summed E-state index contributed by atoms with van der Waals surface area (Å²) < 4.78 is 0. The molecular weight excluding hydrogens is 242 g/mol. The molecule has 3 atom stereocenters. The smallest absolute Gasteiger partial charge is 0.223 e. The van der Waals surface area contributed by atoms with E-state index in [-0.39, 0.29) is 23.9 Å². The molecule has 3 aliphatic rings. The molecule has 3 fully saturated rings. The summed E-state index contributed by atoms with van der Waals surface area (Å²) in [6, 6.07) is 0.396. The maximum absolute atomic E-state index is 12.4. The van der Waals surface area contributed by atoms with Crippen LogP contribution in [0.5, 0.6) is 0 Å². The summed E-state index contributed by atoms with van der Waals surface area (Å²) >= 11 is 0. The molecule has 5 heteroatoms. The van der Waals surface area contributed by atoms with Gasteiger partial charge < -0.3 is 15.5 Å². The van der Waals surface area contributed by atoms with Gasteiger partial charge >= 0.3 is 0 Å². The van der Waals surface area contributed by atoms with Crippen molar-refractivity contribution in [2.45, 2.75) is 50.6 Å². The standard InChI is InChI=1S/C14H23N3O2/c18-13-7-11-2-3-12(9-16-13)17(11)14(19)4-1-10-5-6-15-8-10/h10-12,15H,1-9H2,(H,16,18). The second-order valence-corrected chi connectivity index (χ2v) is 6.09. The Balaban J connectivity index is 1.57. The second kappa shape index (κ2) is 5.49. The number of hydrogen-bond donors (Lipinski definition) is 2. The Morgan fingerprint density at radius 3 is 2.84 bits per heavy atom. The first-order valence-corrected chi connectivity index (χ1v) is 7.52. The zero-order chi connectivity index (χ0) is 13.2. The highest BCUT2D eigenvalue weighted by atomic mass is 16.2. The van der Waals surface area contributed by atoms with Gasteiger partial charge in [0, 0.05) is 31.5 Å². The van der Waals surface area contributed by atoms with Gasteiger partial charge in [-0.25, -0.2) is 0 Å². The molecule has 0 aromatic rings. The number of rotatable bonds is 3. The van der Waals surface area contributed by atoms with E-state index in [9.17, 15) is 9.59 Å². The zero-order valence-corrected chi connectivity index (χ0v) is 11.4. The molecular formula is C14H23N3O2. The Bertz CT molecular complexity index is 366. The Kier molecular flexibility index (Phi) is 3.73. The Hall–Kier alpha value is -1.10. The van der Waals surface area contributed by atoms with Crippen molar-refractivity contribution in [3.8, 4) is 0 Å². The number of carbonyl (C=O) groups is 2. The molecule has 0 spiro atoms. The van der Waals surface area contributed by atoms with E-state index in [1.54, 1.807) is 0 Å². The first kappa shape index (κ1) is 12.9. The van der Waals surface area contributed by atoms with E-state index in [4.69, 9.17) is 0 Å². The monoisotopic (exact) mass is 265 g/mol. The van der Waals surface area contributed by atoms with Gasteiger partial charge in [-0.1, -0.05) is 0 Å². The average Bonchev–Trinajstić information content (AvgIpc) is 2.98. The molecule has 2 N–H and O–H groups in total. The van der Waals surface area contributed by atoms with Gasteiger partial charge in [0.15, 0.2) is 0 Å². The molecule has 5 nitrogen and oxygen atoms in total. The van der Waals surface area contributed by atoms with Crippen LogP contribution in [0, 0.1) is 5.92 Å². The fourth-order valence-electron chi connectivity index (χ4n) is 3.70. The maximum Gasteiger partial charge on any atom is 0.223 e. The summed E-state index contributed by atoms with van der Waals surface area (Å²) in [7, 11) is 0. The van der Waals surface area contributed by atoms with Crippen LogP contribution in [-0.2, 0) is 9.59 Å². The van der Waals surface area contributed by atoms with Crippen molar-refractivity contribution in [2.75, 3.05) is 19.6 Å². The lowest BCUT2D eigenvalue weighted by Gasteiger charge is -2.27. The number of nitrogens with zero attached hydrogens (tertiary/aromatic N) is 1. The predicted octanol–water partition coefficient (Wildman–Crippen LogP) is 0.256. The van der Waals surface area contributed by atoms with Gasteiger partial charge in [-0.15, -0.1) is 0 Å². The molecule has 2 bridgehead atoms. The first-order valence-electron chi connectivity index (χ1n) is 7.52. The third-order valence-corrected chi connectivity index (χ3v) is 4.79. The highest BCUT2D eigenvalue weighted by Crippen LogP contribution is 2.29. The normalized spacial score (nSPS) is 34.2. The van der Waals surface area contributed by atoms with Crippen LogP contribution in [0.2, 0.25) is 0 Å². The van der Waals surface area contributed by atoms with Gasteiger partial charge in [0.05, 0.1) is 0 Å². The highest BCUT2D eigenvalue weighted by Gasteiger charge is 2.39. The Labute approximate surface area is 114 Å². The van der Waals surface area contributed by atoms with Gasteiger partial charge in [0.25, 0.3) is 0 Å². The Morgan fingerprint density at radius 1 is 1.21 bits per heavy atom. The van der Waals surface area contributed by atoms with Crippen molar-refractivity contribution in [3.63, 3.8) is 0 Å². The molecule has 2 amide bonds. The number of amides is 2. The molecule has 19 heavy (non-hydrogen) atoms. The van der Waals surface area contributed by atoms with Gasteiger partial charge in [0.1, 0.15) is 0 Å². The topological polar surface area (TPSA) is 61.4 Å². The first-order chi connectivity index (χ1) is 9.24. The minimum Gasteiger partial charge on any atom is -0.354 e. The van der Waals surface area contributed by atoms with Gasteiger partial charge in [-0.05, 0) is 44.7 Å². The zero-order valence-electron chi connectivity index (χ0n) is 11.4. The second-order valence-electron chi connectivity index (χ2n) is 6.09. The molecule has 3 aliphatic heterocycles. The lowest BCUT2D eigenvalue weighted by Crippen LogP contribution is -2.42. The average molecular weight is 265 g/mol. The number of nitrogens with one attached hydrogen (secondary N) is 2. The molecule has 3 rings (SSSR count). The van der Waals surface area contributed by atoms with Crippen LogP contribution < -0.4 is 10.6 Å². The summed E-state index contributed by atoms with van der Waals surface area (Å²) in [5.41, 5.74) is 0. The number of hydrogen-bond acceptors (Lipinski definition) is 3. The van der Waals surface area contributed by atoms with E-state index in [0.29, 0.717) is 25.3 Å². The molecule has 0 saturated carbocycles. The van der Waals surface area contributed by atoms with Crippen LogP contribution in [0.25, 0.3) is 0 Å². The van der Waals surface area contributed by atoms with Crippen LogP contribution in [0.4, 0.5) is 0 Å². The minimum absolute atomic E-state index is 0.102. The summed E-state index contributed by atoms with van der Waals surface area (Å²) in [6.45, 7) is 2.79. The summed E-state index contributed by atoms with van der Waals surface area (Å²) in [5.74, 6) is 1.02. The predicted molar refractivity (Wildman–Crippen MR) is 71.5 cm³/mol. The van der Waals surface area contributed by atoms with Crippen molar-refractivity contribution in [1.82, 2.24) is 15.5 Å². The third kappa shape index (κ3) is 2.76. The molecule has 3 heterocycles. The summed E-state index contributed by atoms with van der Waals surface area (Å²) in [6.07, 6.45) is 5.36. The fourth-order valence-corrected chi connectivity index (χ4v) is 3.70. The summed E-state index contributed by atoms with van der Waals surface area (Å²) in [4.78, 5) is 26.0. The molecule has 106 valence electrons.